The van der Waals surface area contributed by atoms with Gasteiger partial charge < -0.3 is 24.3 Å². The summed E-state index contributed by atoms with van der Waals surface area (Å²) in [6, 6.07) is 10.7. The summed E-state index contributed by atoms with van der Waals surface area (Å²) in [5.41, 5.74) is 1.30. The van der Waals surface area contributed by atoms with Crippen molar-refractivity contribution in [2.24, 2.45) is 0 Å². The third kappa shape index (κ3) is 3.91. The van der Waals surface area contributed by atoms with E-state index in [4.69, 9.17) is 30.5 Å². The highest BCUT2D eigenvalue weighted by atomic mass is 35.5. The lowest BCUT2D eigenvalue weighted by Gasteiger charge is -2.14. The van der Waals surface area contributed by atoms with Gasteiger partial charge in [0.15, 0.2) is 23.0 Å². The average Bonchev–Trinajstić information content (AvgIpc) is 3.11. The number of halogens is 1. The van der Waals surface area contributed by atoms with Crippen LogP contribution in [0.1, 0.15) is 15.9 Å². The zero-order valence-corrected chi connectivity index (χ0v) is 14.5. The van der Waals surface area contributed by atoms with Gasteiger partial charge in [0, 0.05) is 6.54 Å². The van der Waals surface area contributed by atoms with Crippen LogP contribution < -0.4 is 24.3 Å². The number of fused-ring (bicyclic) bond motifs is 1. The summed E-state index contributed by atoms with van der Waals surface area (Å²) in [7, 11) is 1.52. The average molecular weight is 364 g/mol. The van der Waals surface area contributed by atoms with Gasteiger partial charge in [-0.15, -0.1) is 11.6 Å². The molecule has 0 saturated carbocycles. The van der Waals surface area contributed by atoms with E-state index in [0.29, 0.717) is 41.0 Å². The Morgan fingerprint density at radius 2 is 2.08 bits per heavy atom. The fourth-order valence-corrected chi connectivity index (χ4v) is 2.55. The van der Waals surface area contributed by atoms with Crippen LogP contribution >= 0.6 is 11.6 Å². The number of para-hydroxylation sites is 1. The van der Waals surface area contributed by atoms with E-state index in [2.05, 4.69) is 5.32 Å². The summed E-state index contributed by atoms with van der Waals surface area (Å²) in [5.74, 6) is 2.31. The number of alkyl halides is 1. The van der Waals surface area contributed by atoms with Gasteiger partial charge >= 0.3 is 0 Å². The first-order chi connectivity index (χ1) is 12.2. The number of carbonyl (C=O) groups excluding carboxylic acids is 1. The normalized spacial score (nSPS) is 11.9. The van der Waals surface area contributed by atoms with Crippen LogP contribution in [0.15, 0.2) is 36.4 Å². The van der Waals surface area contributed by atoms with Gasteiger partial charge in [0.05, 0.1) is 18.6 Å². The van der Waals surface area contributed by atoms with Gasteiger partial charge in [0.2, 0.25) is 6.79 Å². The van der Waals surface area contributed by atoms with Crippen molar-refractivity contribution in [3.63, 3.8) is 0 Å². The lowest BCUT2D eigenvalue weighted by Crippen LogP contribution is -2.23. The van der Waals surface area contributed by atoms with E-state index in [0.717, 1.165) is 5.56 Å². The quantitative estimate of drug-likeness (QED) is 0.766. The van der Waals surface area contributed by atoms with Gasteiger partial charge in [-0.3, -0.25) is 4.79 Å². The van der Waals surface area contributed by atoms with E-state index in [9.17, 15) is 4.79 Å². The zero-order chi connectivity index (χ0) is 17.6. The molecular formula is C18H18ClNO5. The predicted molar refractivity (Wildman–Crippen MR) is 92.9 cm³/mol. The molecule has 0 spiro atoms. The monoisotopic (exact) mass is 363 g/mol. The highest BCUT2D eigenvalue weighted by Gasteiger charge is 2.18. The van der Waals surface area contributed by atoms with E-state index < -0.39 is 0 Å². The number of amides is 1. The molecule has 2 aromatic rings. The van der Waals surface area contributed by atoms with Gasteiger partial charge in [-0.05, 0) is 29.8 Å². The number of carbonyl (C=O) groups is 1. The third-order valence-corrected chi connectivity index (χ3v) is 3.81. The number of nitrogens with one attached hydrogen (secondary N) is 1. The van der Waals surface area contributed by atoms with Crippen molar-refractivity contribution in [1.29, 1.82) is 0 Å². The molecule has 132 valence electrons. The molecule has 7 heteroatoms. The fraction of sp³-hybridized carbons (Fsp3) is 0.278. The van der Waals surface area contributed by atoms with E-state index >= 15 is 0 Å². The highest BCUT2D eigenvalue weighted by molar-refractivity contribution is 6.18. The van der Waals surface area contributed by atoms with Crippen LogP contribution in [0.4, 0.5) is 0 Å². The molecular weight excluding hydrogens is 346 g/mol. The molecule has 0 unspecified atom stereocenters. The summed E-state index contributed by atoms with van der Waals surface area (Å²) in [4.78, 5) is 12.6. The van der Waals surface area contributed by atoms with Crippen molar-refractivity contribution in [3.05, 3.63) is 47.5 Å². The van der Waals surface area contributed by atoms with Crippen LogP contribution in [0.3, 0.4) is 0 Å². The molecule has 1 aliphatic heterocycles. The largest absolute Gasteiger partial charge is 0.493 e. The van der Waals surface area contributed by atoms with Crippen molar-refractivity contribution in [2.45, 2.75) is 6.54 Å². The fourth-order valence-electron chi connectivity index (χ4n) is 2.47. The molecule has 25 heavy (non-hydrogen) atoms. The molecule has 0 aromatic heterocycles. The highest BCUT2D eigenvalue weighted by Crippen LogP contribution is 2.33. The minimum Gasteiger partial charge on any atom is -0.493 e. The number of benzene rings is 2. The number of hydrogen-bond acceptors (Lipinski definition) is 5. The Morgan fingerprint density at radius 3 is 2.88 bits per heavy atom. The molecule has 0 saturated heterocycles. The number of rotatable bonds is 7. The molecule has 1 N–H and O–H groups in total. The van der Waals surface area contributed by atoms with E-state index in [1.807, 2.05) is 18.2 Å². The van der Waals surface area contributed by atoms with Gasteiger partial charge in [-0.1, -0.05) is 12.1 Å². The first-order valence-corrected chi connectivity index (χ1v) is 8.29. The van der Waals surface area contributed by atoms with Crippen molar-refractivity contribution in [1.82, 2.24) is 5.32 Å². The summed E-state index contributed by atoms with van der Waals surface area (Å²) in [6.07, 6.45) is 0. The Bertz CT molecular complexity index is 765. The topological polar surface area (TPSA) is 66.0 Å². The molecule has 2 aromatic carbocycles. The van der Waals surface area contributed by atoms with Crippen LogP contribution in [0.2, 0.25) is 0 Å². The second-order valence-electron chi connectivity index (χ2n) is 5.24. The molecule has 6 nitrogen and oxygen atoms in total. The summed E-state index contributed by atoms with van der Waals surface area (Å²) < 4.78 is 21.5. The molecule has 0 bridgehead atoms. The molecule has 3 rings (SSSR count). The maximum absolute atomic E-state index is 12.6. The van der Waals surface area contributed by atoms with Crippen molar-refractivity contribution in [3.8, 4) is 23.0 Å². The Balaban J connectivity index is 1.72. The Morgan fingerprint density at radius 1 is 1.24 bits per heavy atom. The SMILES string of the molecule is COc1cccc(C(=O)NCc2ccc3c(c2)OCO3)c1OCCCl. The van der Waals surface area contributed by atoms with E-state index in [-0.39, 0.29) is 19.3 Å². The Hall–Kier alpha value is -2.60. The lowest BCUT2D eigenvalue weighted by molar-refractivity contribution is 0.0946. The number of methoxy groups -OCH3 is 1. The van der Waals surface area contributed by atoms with Gasteiger partial charge in [-0.2, -0.15) is 0 Å². The zero-order valence-electron chi connectivity index (χ0n) is 13.7. The molecule has 0 aliphatic carbocycles. The Labute approximate surface area is 150 Å². The van der Waals surface area contributed by atoms with Crippen molar-refractivity contribution in [2.75, 3.05) is 26.4 Å². The standard InChI is InChI=1S/C18H18ClNO5/c1-22-15-4-2-3-13(17(15)23-8-7-19)18(21)20-10-12-5-6-14-16(9-12)25-11-24-14/h2-6,9H,7-8,10-11H2,1H3,(H,20,21). The minimum absolute atomic E-state index is 0.218. The summed E-state index contributed by atoms with van der Waals surface area (Å²) in [6.45, 7) is 0.849. The molecule has 1 aliphatic rings. The van der Waals surface area contributed by atoms with Gasteiger partial charge in [-0.25, -0.2) is 0 Å². The molecule has 0 atom stereocenters. The van der Waals surface area contributed by atoms with E-state index in [1.54, 1.807) is 18.2 Å². The first kappa shape index (κ1) is 17.2. The van der Waals surface area contributed by atoms with Crippen LogP contribution in [-0.2, 0) is 6.54 Å². The maximum Gasteiger partial charge on any atom is 0.255 e. The molecule has 0 fully saturated rings. The van der Waals surface area contributed by atoms with Crippen LogP contribution in [-0.4, -0.2) is 32.3 Å². The van der Waals surface area contributed by atoms with Crippen LogP contribution in [0.5, 0.6) is 23.0 Å². The van der Waals surface area contributed by atoms with Gasteiger partial charge in [0.1, 0.15) is 6.61 Å². The second kappa shape index (κ2) is 7.98. The number of hydrogen-bond donors (Lipinski definition) is 1. The second-order valence-corrected chi connectivity index (χ2v) is 5.62. The molecule has 0 radical (unpaired) electrons. The minimum atomic E-state index is -0.263. The smallest absolute Gasteiger partial charge is 0.255 e. The van der Waals surface area contributed by atoms with Crippen molar-refractivity contribution < 1.29 is 23.7 Å². The maximum atomic E-state index is 12.6. The first-order valence-electron chi connectivity index (χ1n) is 7.75. The third-order valence-electron chi connectivity index (χ3n) is 3.66. The van der Waals surface area contributed by atoms with Crippen molar-refractivity contribution >= 4 is 17.5 Å². The lowest BCUT2D eigenvalue weighted by atomic mass is 10.1. The summed E-state index contributed by atoms with van der Waals surface area (Å²) >= 11 is 5.68. The Kier molecular flexibility index (Phi) is 5.50. The van der Waals surface area contributed by atoms with Crippen LogP contribution in [0, 0.1) is 0 Å². The van der Waals surface area contributed by atoms with E-state index in [1.165, 1.54) is 7.11 Å². The van der Waals surface area contributed by atoms with Gasteiger partial charge in [0.25, 0.3) is 5.91 Å². The van der Waals surface area contributed by atoms with Crippen LogP contribution in [0.25, 0.3) is 0 Å². The molecule has 1 amide bonds. The molecule has 1 heterocycles. The summed E-state index contributed by atoms with van der Waals surface area (Å²) in [5, 5.41) is 2.87. The predicted octanol–water partition coefficient (Wildman–Crippen LogP) is 2.97. The number of ether oxygens (including phenoxy) is 4.